The average Bonchev–Trinajstić information content (AvgIpc) is 2.96. The van der Waals surface area contributed by atoms with E-state index >= 15 is 0 Å². The Morgan fingerprint density at radius 3 is 2.76 bits per heavy atom. The first-order chi connectivity index (χ1) is 9.86. The maximum absolute atomic E-state index is 12.5. The summed E-state index contributed by atoms with van der Waals surface area (Å²) in [6.07, 6.45) is 2.97. The van der Waals surface area contributed by atoms with Gasteiger partial charge in [-0.1, -0.05) is 12.1 Å². The number of imidazole rings is 1. The molecule has 21 heavy (non-hydrogen) atoms. The highest BCUT2D eigenvalue weighted by molar-refractivity contribution is 7.92. The van der Waals surface area contributed by atoms with Crippen LogP contribution in [0, 0.1) is 5.41 Å². The largest absolute Gasteiger partial charge is 0.384 e. The predicted molar refractivity (Wildman–Crippen MR) is 80.9 cm³/mol. The number of nitrogens with one attached hydrogen (secondary N) is 1. The summed E-state index contributed by atoms with van der Waals surface area (Å²) in [7, 11) is -2.29. The number of amidine groups is 1. The number of nitrogens with zero attached hydrogens (tertiary/aromatic N) is 3. The fraction of sp³-hybridized carbons (Fsp3) is 0.231. The van der Waals surface area contributed by atoms with Crippen LogP contribution in [-0.2, 0) is 16.6 Å². The van der Waals surface area contributed by atoms with Gasteiger partial charge in [0.2, 0.25) is 0 Å². The number of aromatic nitrogens is 2. The van der Waals surface area contributed by atoms with Gasteiger partial charge in [0.1, 0.15) is 5.84 Å². The molecule has 0 saturated carbocycles. The van der Waals surface area contributed by atoms with Crippen molar-refractivity contribution in [1.82, 2.24) is 9.55 Å². The maximum Gasteiger partial charge on any atom is 0.283 e. The number of hydrogen-bond donors (Lipinski definition) is 2. The number of anilines is 1. The molecule has 0 aliphatic rings. The average molecular weight is 307 g/mol. The first-order valence-corrected chi connectivity index (χ1v) is 7.75. The van der Waals surface area contributed by atoms with Crippen molar-refractivity contribution < 1.29 is 8.42 Å². The van der Waals surface area contributed by atoms with Crippen molar-refractivity contribution in [2.24, 2.45) is 5.73 Å². The van der Waals surface area contributed by atoms with Crippen LogP contribution in [0.25, 0.3) is 0 Å². The van der Waals surface area contributed by atoms with Gasteiger partial charge in [0, 0.05) is 25.4 Å². The standard InChI is InChI=1S/C13H17N5O2S/c1-3-18-8-12(16-9-18)21(19,20)17(2)11-6-4-5-10(7-11)13(14)15/h4-9H,3H2,1-2H3,(H3,14,15). The third-order valence-electron chi connectivity index (χ3n) is 3.12. The molecule has 0 amide bonds. The fourth-order valence-electron chi connectivity index (χ4n) is 1.79. The molecule has 1 heterocycles. The van der Waals surface area contributed by atoms with Crippen molar-refractivity contribution in [2.75, 3.05) is 11.4 Å². The number of sulfonamides is 1. The van der Waals surface area contributed by atoms with E-state index < -0.39 is 10.0 Å². The Bertz CT molecular complexity index is 766. The van der Waals surface area contributed by atoms with E-state index in [1.165, 1.54) is 19.6 Å². The Balaban J connectivity index is 2.40. The molecule has 1 aromatic carbocycles. The van der Waals surface area contributed by atoms with E-state index in [0.717, 1.165) is 4.31 Å². The van der Waals surface area contributed by atoms with Crippen molar-refractivity contribution in [1.29, 1.82) is 5.41 Å². The number of nitrogens with two attached hydrogens (primary N) is 1. The lowest BCUT2D eigenvalue weighted by molar-refractivity contribution is 0.591. The fourth-order valence-corrected chi connectivity index (χ4v) is 2.91. The molecule has 2 aromatic rings. The highest BCUT2D eigenvalue weighted by Crippen LogP contribution is 2.21. The first kappa shape index (κ1) is 15.0. The Morgan fingerprint density at radius 1 is 1.48 bits per heavy atom. The van der Waals surface area contributed by atoms with E-state index in [1.807, 2.05) is 6.92 Å². The Hall–Kier alpha value is -2.35. The molecule has 0 unspecified atom stereocenters. The summed E-state index contributed by atoms with van der Waals surface area (Å²) in [5.74, 6) is -0.113. The third kappa shape index (κ3) is 2.89. The molecule has 0 spiro atoms. The number of hydrogen-bond acceptors (Lipinski definition) is 4. The number of aryl methyl sites for hydroxylation is 1. The Kier molecular flexibility index (Phi) is 3.99. The lowest BCUT2D eigenvalue weighted by Gasteiger charge is -2.18. The van der Waals surface area contributed by atoms with Gasteiger partial charge in [-0.05, 0) is 19.1 Å². The van der Waals surface area contributed by atoms with Crippen LogP contribution in [0.1, 0.15) is 12.5 Å². The van der Waals surface area contributed by atoms with E-state index in [0.29, 0.717) is 17.8 Å². The molecule has 0 radical (unpaired) electrons. The molecule has 8 heteroatoms. The van der Waals surface area contributed by atoms with E-state index in [4.69, 9.17) is 11.1 Å². The van der Waals surface area contributed by atoms with Gasteiger partial charge in [-0.2, -0.15) is 8.42 Å². The third-order valence-corrected chi connectivity index (χ3v) is 4.79. The molecule has 7 nitrogen and oxygen atoms in total. The van der Waals surface area contributed by atoms with E-state index in [2.05, 4.69) is 4.98 Å². The highest BCUT2D eigenvalue weighted by atomic mass is 32.2. The van der Waals surface area contributed by atoms with Gasteiger partial charge in [-0.3, -0.25) is 9.71 Å². The van der Waals surface area contributed by atoms with Gasteiger partial charge in [0.05, 0.1) is 12.0 Å². The van der Waals surface area contributed by atoms with Crippen LogP contribution in [0.3, 0.4) is 0 Å². The van der Waals surface area contributed by atoms with Gasteiger partial charge in [-0.25, -0.2) is 4.98 Å². The Labute approximate surface area is 123 Å². The van der Waals surface area contributed by atoms with Gasteiger partial charge < -0.3 is 10.3 Å². The normalized spacial score (nSPS) is 11.3. The van der Waals surface area contributed by atoms with Crippen molar-refractivity contribution in [3.8, 4) is 0 Å². The first-order valence-electron chi connectivity index (χ1n) is 6.31. The summed E-state index contributed by atoms with van der Waals surface area (Å²) in [4.78, 5) is 3.93. The molecule has 1 aromatic heterocycles. The van der Waals surface area contributed by atoms with Crippen LogP contribution in [0.15, 0.2) is 41.8 Å². The summed E-state index contributed by atoms with van der Waals surface area (Å²) in [5, 5.41) is 7.40. The van der Waals surface area contributed by atoms with Crippen LogP contribution < -0.4 is 10.0 Å². The van der Waals surface area contributed by atoms with E-state index in [-0.39, 0.29) is 10.9 Å². The SMILES string of the molecule is CCn1cnc(S(=O)(=O)N(C)c2cccc(C(=N)N)c2)c1. The summed E-state index contributed by atoms with van der Waals surface area (Å²) in [6.45, 7) is 2.55. The molecule has 0 atom stereocenters. The highest BCUT2D eigenvalue weighted by Gasteiger charge is 2.24. The summed E-state index contributed by atoms with van der Waals surface area (Å²) in [5.41, 5.74) is 6.32. The number of nitrogen functional groups attached to an aromatic ring is 1. The molecule has 0 aliphatic heterocycles. The van der Waals surface area contributed by atoms with Crippen LogP contribution in [0.4, 0.5) is 5.69 Å². The molecule has 112 valence electrons. The maximum atomic E-state index is 12.5. The zero-order chi connectivity index (χ0) is 15.6. The van der Waals surface area contributed by atoms with Crippen molar-refractivity contribution in [2.45, 2.75) is 18.5 Å². The molecule has 0 aliphatic carbocycles. The van der Waals surface area contributed by atoms with Gasteiger partial charge in [0.15, 0.2) is 5.03 Å². The quantitative estimate of drug-likeness (QED) is 0.635. The van der Waals surface area contributed by atoms with Crippen molar-refractivity contribution >= 4 is 21.5 Å². The number of rotatable bonds is 5. The summed E-state index contributed by atoms with van der Waals surface area (Å²) >= 11 is 0. The minimum absolute atomic E-state index is 0.0138. The minimum Gasteiger partial charge on any atom is -0.384 e. The lowest BCUT2D eigenvalue weighted by Crippen LogP contribution is -2.27. The molecule has 0 saturated heterocycles. The predicted octanol–water partition coefficient (Wildman–Crippen LogP) is 1.01. The smallest absolute Gasteiger partial charge is 0.283 e. The van der Waals surface area contributed by atoms with E-state index in [9.17, 15) is 8.42 Å². The minimum atomic E-state index is -3.73. The van der Waals surface area contributed by atoms with Gasteiger partial charge in [0.25, 0.3) is 10.0 Å². The zero-order valence-corrected chi connectivity index (χ0v) is 12.6. The van der Waals surface area contributed by atoms with Crippen LogP contribution in [0.2, 0.25) is 0 Å². The van der Waals surface area contributed by atoms with Crippen LogP contribution in [-0.4, -0.2) is 30.9 Å². The molecule has 3 N–H and O–H groups in total. The molecular formula is C13H17N5O2S. The second kappa shape index (κ2) is 5.57. The monoisotopic (exact) mass is 307 g/mol. The van der Waals surface area contributed by atoms with E-state index in [1.54, 1.807) is 28.8 Å². The summed E-state index contributed by atoms with van der Waals surface area (Å²) < 4.78 is 27.8. The topological polar surface area (TPSA) is 105 Å². The van der Waals surface area contributed by atoms with Crippen LogP contribution >= 0.6 is 0 Å². The molecule has 2 rings (SSSR count). The van der Waals surface area contributed by atoms with Gasteiger partial charge >= 0.3 is 0 Å². The van der Waals surface area contributed by atoms with Gasteiger partial charge in [-0.15, -0.1) is 0 Å². The lowest BCUT2D eigenvalue weighted by atomic mass is 10.2. The second-order valence-electron chi connectivity index (χ2n) is 4.48. The number of benzene rings is 1. The molecular weight excluding hydrogens is 290 g/mol. The zero-order valence-electron chi connectivity index (χ0n) is 11.8. The van der Waals surface area contributed by atoms with Crippen molar-refractivity contribution in [3.63, 3.8) is 0 Å². The van der Waals surface area contributed by atoms with Crippen molar-refractivity contribution in [3.05, 3.63) is 42.4 Å². The van der Waals surface area contributed by atoms with Crippen LogP contribution in [0.5, 0.6) is 0 Å². The molecule has 0 fully saturated rings. The second-order valence-corrected chi connectivity index (χ2v) is 6.40. The summed E-state index contributed by atoms with van der Waals surface area (Å²) in [6, 6.07) is 6.50. The Morgan fingerprint density at radius 2 is 2.19 bits per heavy atom. The molecule has 0 bridgehead atoms.